The van der Waals surface area contributed by atoms with Crippen LogP contribution in [0.2, 0.25) is 0 Å². The first-order valence-corrected chi connectivity index (χ1v) is 9.82. The Balaban J connectivity index is 2.89. The molecule has 0 spiro atoms. The minimum absolute atomic E-state index is 0.207. The van der Waals surface area contributed by atoms with Crippen molar-refractivity contribution in [3.8, 4) is 5.75 Å². The molecule has 8 nitrogen and oxygen atoms in total. The summed E-state index contributed by atoms with van der Waals surface area (Å²) in [6, 6.07) is 7.20. The van der Waals surface area contributed by atoms with Crippen molar-refractivity contribution in [3.63, 3.8) is 0 Å². The van der Waals surface area contributed by atoms with Crippen LogP contribution in [0.4, 0.5) is 0 Å². The van der Waals surface area contributed by atoms with Gasteiger partial charge in [0.2, 0.25) is 6.29 Å². The van der Waals surface area contributed by atoms with Crippen LogP contribution < -0.4 is 4.74 Å². The summed E-state index contributed by atoms with van der Waals surface area (Å²) in [6.45, 7) is 3.71. The second-order valence-corrected chi connectivity index (χ2v) is 7.30. The minimum atomic E-state index is -4.92. The van der Waals surface area contributed by atoms with E-state index in [1.807, 2.05) is 12.1 Å². The smallest absolute Gasteiger partial charge is 0.330 e. The number of aliphatic carboxylic acids is 1. The number of carbonyl (C=O) groups is 2. The minimum Gasteiger partial charge on any atom is -0.481 e. The lowest BCUT2D eigenvalue weighted by atomic mass is 10.1. The van der Waals surface area contributed by atoms with Crippen LogP contribution in [0.5, 0.6) is 5.75 Å². The molecule has 0 heterocycles. The summed E-state index contributed by atoms with van der Waals surface area (Å²) in [5.41, 5.74) is 0.917. The van der Waals surface area contributed by atoms with Gasteiger partial charge in [-0.1, -0.05) is 38.5 Å². The fourth-order valence-corrected chi connectivity index (χ4v) is 2.85. The molecule has 0 amide bonds. The van der Waals surface area contributed by atoms with Gasteiger partial charge in [0.15, 0.2) is 5.25 Å². The van der Waals surface area contributed by atoms with Gasteiger partial charge in [-0.25, -0.2) is 0 Å². The number of benzene rings is 1. The van der Waals surface area contributed by atoms with Crippen molar-refractivity contribution in [2.75, 3.05) is 0 Å². The zero-order valence-corrected chi connectivity index (χ0v) is 15.6. The topological polar surface area (TPSA) is 127 Å². The first-order chi connectivity index (χ1) is 12.2. The molecule has 2 atom stereocenters. The third kappa shape index (κ3) is 7.01. The van der Waals surface area contributed by atoms with Crippen LogP contribution >= 0.6 is 0 Å². The van der Waals surface area contributed by atoms with Gasteiger partial charge >= 0.3 is 11.9 Å². The Morgan fingerprint density at radius 1 is 1.19 bits per heavy atom. The molecule has 0 aromatic heterocycles. The van der Waals surface area contributed by atoms with E-state index in [2.05, 4.69) is 6.92 Å². The monoisotopic (exact) mass is 388 g/mol. The lowest BCUT2D eigenvalue weighted by Crippen LogP contribution is -2.37. The molecule has 0 fully saturated rings. The number of esters is 1. The number of hydrogen-bond donors (Lipinski definition) is 2. The van der Waals surface area contributed by atoms with Crippen LogP contribution in [0.3, 0.4) is 0 Å². The Morgan fingerprint density at radius 2 is 1.85 bits per heavy atom. The summed E-state index contributed by atoms with van der Waals surface area (Å²) in [6.07, 6.45) is 0.708. The van der Waals surface area contributed by atoms with Crippen LogP contribution in [-0.2, 0) is 30.9 Å². The molecule has 9 heteroatoms. The average molecular weight is 388 g/mol. The Morgan fingerprint density at radius 3 is 2.38 bits per heavy atom. The summed E-state index contributed by atoms with van der Waals surface area (Å²) >= 11 is 0. The molecule has 0 saturated heterocycles. The Labute approximate surface area is 152 Å². The zero-order valence-electron chi connectivity index (χ0n) is 14.8. The quantitative estimate of drug-likeness (QED) is 0.336. The van der Waals surface area contributed by atoms with Crippen molar-refractivity contribution in [2.24, 2.45) is 0 Å². The molecule has 1 aromatic rings. The number of unbranched alkanes of at least 4 members (excludes halogenated alkanes) is 1. The normalized spacial score (nSPS) is 13.7. The Kier molecular flexibility index (Phi) is 8.53. The van der Waals surface area contributed by atoms with Crippen LogP contribution in [0.25, 0.3) is 0 Å². The predicted molar refractivity (Wildman–Crippen MR) is 93.4 cm³/mol. The van der Waals surface area contributed by atoms with Gasteiger partial charge in [-0.2, -0.15) is 8.42 Å². The standard InChI is InChI=1S/C17H24O8S/c1-3-5-8-12-9-6-7-10-13(12)24-16(4-2)25-17(20)14(11-15(18)19)26(21,22)23/h6-7,9-10,14,16H,3-5,8,11H2,1-2H3,(H,18,19)(H,21,22,23). The summed E-state index contributed by atoms with van der Waals surface area (Å²) < 4.78 is 42.3. The first kappa shape index (κ1) is 21.9. The van der Waals surface area contributed by atoms with Crippen molar-refractivity contribution < 1.29 is 37.1 Å². The SMILES string of the molecule is CCCCc1ccccc1OC(CC)OC(=O)C(CC(=O)O)S(=O)(=O)O. The highest BCUT2D eigenvalue weighted by molar-refractivity contribution is 7.87. The van der Waals surface area contributed by atoms with Crippen LogP contribution in [-0.4, -0.2) is 41.6 Å². The molecule has 0 radical (unpaired) electrons. The van der Waals surface area contributed by atoms with Gasteiger partial charge in [0.05, 0.1) is 6.42 Å². The van der Waals surface area contributed by atoms with E-state index in [1.54, 1.807) is 19.1 Å². The number of aryl methyl sites for hydroxylation is 1. The molecule has 2 unspecified atom stereocenters. The van der Waals surface area contributed by atoms with Crippen LogP contribution in [0, 0.1) is 0 Å². The largest absolute Gasteiger partial charge is 0.481 e. The third-order valence-corrected chi connectivity index (χ3v) is 4.67. The average Bonchev–Trinajstić information content (AvgIpc) is 2.57. The molecule has 2 N–H and O–H groups in total. The third-order valence-electron chi connectivity index (χ3n) is 3.59. The van der Waals surface area contributed by atoms with E-state index in [4.69, 9.17) is 19.1 Å². The van der Waals surface area contributed by atoms with Crippen molar-refractivity contribution in [1.29, 1.82) is 0 Å². The van der Waals surface area contributed by atoms with E-state index in [-0.39, 0.29) is 6.42 Å². The van der Waals surface area contributed by atoms with Gasteiger partial charge in [0.1, 0.15) is 5.75 Å². The van der Waals surface area contributed by atoms with Gasteiger partial charge in [-0.3, -0.25) is 14.1 Å². The molecule has 1 aromatic carbocycles. The van der Waals surface area contributed by atoms with Crippen molar-refractivity contribution >= 4 is 22.1 Å². The van der Waals surface area contributed by atoms with Crippen LogP contribution in [0.1, 0.15) is 45.1 Å². The van der Waals surface area contributed by atoms with E-state index in [9.17, 15) is 18.0 Å². The molecule has 1 rings (SSSR count). The summed E-state index contributed by atoms with van der Waals surface area (Å²) in [4.78, 5) is 22.8. The predicted octanol–water partition coefficient (Wildman–Crippen LogP) is 2.42. The molecule has 0 bridgehead atoms. The summed E-state index contributed by atoms with van der Waals surface area (Å²) in [5.74, 6) is -2.42. The van der Waals surface area contributed by atoms with Crippen molar-refractivity contribution in [1.82, 2.24) is 0 Å². The second-order valence-electron chi connectivity index (χ2n) is 5.71. The highest BCUT2D eigenvalue weighted by atomic mass is 32.2. The molecule has 0 saturated carbocycles. The number of rotatable bonds is 11. The van der Waals surface area contributed by atoms with E-state index in [0.29, 0.717) is 5.75 Å². The van der Waals surface area contributed by atoms with Gasteiger partial charge in [0.25, 0.3) is 10.1 Å². The molecule has 0 aliphatic rings. The van der Waals surface area contributed by atoms with E-state index < -0.39 is 40.0 Å². The number of carboxylic acids is 1. The fourth-order valence-electron chi connectivity index (χ4n) is 2.20. The maximum absolute atomic E-state index is 12.0. The summed E-state index contributed by atoms with van der Waals surface area (Å²) in [7, 11) is -4.92. The molecule has 0 aliphatic heterocycles. The van der Waals surface area contributed by atoms with E-state index in [1.165, 1.54) is 0 Å². The van der Waals surface area contributed by atoms with E-state index >= 15 is 0 Å². The number of carbonyl (C=O) groups excluding carboxylic acids is 1. The lowest BCUT2D eigenvalue weighted by molar-refractivity contribution is -0.165. The van der Waals surface area contributed by atoms with Crippen LogP contribution in [0.15, 0.2) is 24.3 Å². The highest BCUT2D eigenvalue weighted by Gasteiger charge is 2.36. The fraction of sp³-hybridized carbons (Fsp3) is 0.529. The Hall–Kier alpha value is -2.13. The molecular weight excluding hydrogens is 364 g/mol. The summed E-state index contributed by atoms with van der Waals surface area (Å²) in [5, 5.41) is 6.53. The molecule has 26 heavy (non-hydrogen) atoms. The Bertz CT molecular complexity index is 713. The first-order valence-electron chi connectivity index (χ1n) is 8.32. The molecule has 146 valence electrons. The van der Waals surface area contributed by atoms with Gasteiger partial charge in [-0.05, 0) is 24.5 Å². The zero-order chi connectivity index (χ0) is 19.7. The number of hydrogen-bond acceptors (Lipinski definition) is 6. The van der Waals surface area contributed by atoms with Crippen molar-refractivity contribution in [3.05, 3.63) is 29.8 Å². The van der Waals surface area contributed by atoms with Crippen molar-refractivity contribution in [2.45, 2.75) is 57.5 Å². The van der Waals surface area contributed by atoms with Gasteiger partial charge in [0, 0.05) is 6.42 Å². The van der Waals surface area contributed by atoms with Gasteiger partial charge in [-0.15, -0.1) is 0 Å². The number of para-hydroxylation sites is 1. The number of carboxylic acid groups (broad SMARTS) is 1. The highest BCUT2D eigenvalue weighted by Crippen LogP contribution is 2.23. The lowest BCUT2D eigenvalue weighted by Gasteiger charge is -2.21. The van der Waals surface area contributed by atoms with Gasteiger partial charge < -0.3 is 14.6 Å². The van der Waals surface area contributed by atoms with E-state index in [0.717, 1.165) is 24.8 Å². The number of ether oxygens (including phenoxy) is 2. The maximum atomic E-state index is 12.0. The molecule has 0 aliphatic carbocycles. The molecular formula is C17H24O8S. The second kappa shape index (κ2) is 10.1. The maximum Gasteiger partial charge on any atom is 0.330 e.